The highest BCUT2D eigenvalue weighted by atomic mass is 32.2. The molecule has 0 bridgehead atoms. The number of nitrogens with zero attached hydrogens (tertiary/aromatic N) is 1. The molecule has 1 spiro atoms. The van der Waals surface area contributed by atoms with Crippen molar-refractivity contribution in [3.8, 4) is 5.75 Å². The minimum Gasteiger partial charge on any atom is -0.497 e. The van der Waals surface area contributed by atoms with Crippen molar-refractivity contribution in [2.45, 2.75) is 18.4 Å². The second-order valence-corrected chi connectivity index (χ2v) is 8.44. The molecule has 1 aromatic carbocycles. The topological polar surface area (TPSA) is 72.9 Å². The smallest absolute Gasteiger partial charge is 0.254 e. The van der Waals surface area contributed by atoms with Crippen LogP contribution in [0.15, 0.2) is 24.3 Å². The maximum atomic E-state index is 12.7. The zero-order valence-electron chi connectivity index (χ0n) is 13.2. The molecule has 126 valence electrons. The van der Waals surface area contributed by atoms with E-state index in [1.54, 1.807) is 36.3 Å². The van der Waals surface area contributed by atoms with Crippen molar-refractivity contribution in [2.24, 2.45) is 0 Å². The molecule has 2 aliphatic heterocycles. The molecule has 0 saturated carbocycles. The summed E-state index contributed by atoms with van der Waals surface area (Å²) in [5.41, 5.74) is 0.0948. The average Bonchev–Trinajstić information content (AvgIpc) is 2.58. The van der Waals surface area contributed by atoms with E-state index in [9.17, 15) is 13.2 Å². The molecular formula is C16H21NO5S. The quantitative estimate of drug-likeness (QED) is 0.807. The Morgan fingerprint density at radius 1 is 1.22 bits per heavy atom. The Bertz CT molecular complexity index is 669. The van der Waals surface area contributed by atoms with Crippen molar-refractivity contribution in [1.82, 2.24) is 4.90 Å². The van der Waals surface area contributed by atoms with Gasteiger partial charge in [0.15, 0.2) is 9.84 Å². The Kier molecular flexibility index (Phi) is 4.33. The number of carbonyl (C=O) groups excluding carboxylic acids is 1. The minimum atomic E-state index is -2.95. The first-order valence-corrected chi connectivity index (χ1v) is 9.53. The van der Waals surface area contributed by atoms with Gasteiger partial charge in [-0.25, -0.2) is 8.42 Å². The van der Waals surface area contributed by atoms with E-state index in [-0.39, 0.29) is 17.4 Å². The summed E-state index contributed by atoms with van der Waals surface area (Å²) in [6.07, 6.45) is 0.920. The van der Waals surface area contributed by atoms with E-state index in [1.165, 1.54) is 0 Å². The van der Waals surface area contributed by atoms with Crippen molar-refractivity contribution in [3.63, 3.8) is 0 Å². The monoisotopic (exact) mass is 339 g/mol. The lowest BCUT2D eigenvalue weighted by atomic mass is 9.94. The molecule has 0 aliphatic carbocycles. The molecule has 3 rings (SSSR count). The van der Waals surface area contributed by atoms with Crippen molar-refractivity contribution in [2.75, 3.05) is 38.3 Å². The van der Waals surface area contributed by atoms with Crippen LogP contribution < -0.4 is 4.74 Å². The lowest BCUT2D eigenvalue weighted by molar-refractivity contribution is -0.104. The highest BCUT2D eigenvalue weighted by molar-refractivity contribution is 7.91. The second kappa shape index (κ2) is 6.13. The summed E-state index contributed by atoms with van der Waals surface area (Å²) in [5, 5.41) is 0. The van der Waals surface area contributed by atoms with Gasteiger partial charge in [-0.15, -0.1) is 0 Å². The Balaban J connectivity index is 1.71. The van der Waals surface area contributed by atoms with Gasteiger partial charge in [0, 0.05) is 12.1 Å². The first-order valence-electron chi connectivity index (χ1n) is 7.71. The van der Waals surface area contributed by atoms with Crippen LogP contribution in [0.4, 0.5) is 0 Å². The lowest BCUT2D eigenvalue weighted by Gasteiger charge is -2.44. The summed E-state index contributed by atoms with van der Waals surface area (Å²) in [4.78, 5) is 14.4. The fourth-order valence-electron chi connectivity index (χ4n) is 3.15. The Hall–Kier alpha value is -1.60. The molecule has 2 aliphatic rings. The van der Waals surface area contributed by atoms with Gasteiger partial charge in [-0.05, 0) is 37.1 Å². The van der Waals surface area contributed by atoms with E-state index >= 15 is 0 Å². The van der Waals surface area contributed by atoms with Crippen LogP contribution in [-0.4, -0.2) is 63.1 Å². The third-order valence-electron chi connectivity index (χ3n) is 4.61. The summed E-state index contributed by atoms with van der Waals surface area (Å²) in [6.45, 7) is 1.43. The molecule has 23 heavy (non-hydrogen) atoms. The van der Waals surface area contributed by atoms with Gasteiger partial charge in [-0.1, -0.05) is 0 Å². The molecule has 0 radical (unpaired) electrons. The Morgan fingerprint density at radius 3 is 2.48 bits per heavy atom. The zero-order chi connectivity index (χ0) is 16.5. The maximum absolute atomic E-state index is 12.7. The molecule has 2 saturated heterocycles. The molecule has 1 amide bonds. The number of carbonyl (C=O) groups is 1. The van der Waals surface area contributed by atoms with Gasteiger partial charge in [0.25, 0.3) is 5.91 Å². The molecule has 0 atom stereocenters. The van der Waals surface area contributed by atoms with Crippen molar-refractivity contribution < 1.29 is 22.7 Å². The summed E-state index contributed by atoms with van der Waals surface area (Å²) < 4.78 is 34.2. The van der Waals surface area contributed by atoms with Crippen LogP contribution in [0.25, 0.3) is 0 Å². The van der Waals surface area contributed by atoms with Crippen LogP contribution in [0.2, 0.25) is 0 Å². The SMILES string of the molecule is COc1ccc(C(=O)N2CCOC3(CCS(=O)(=O)CC3)C2)cc1. The fraction of sp³-hybridized carbons (Fsp3) is 0.562. The third kappa shape index (κ3) is 3.50. The number of rotatable bonds is 2. The number of hydrogen-bond acceptors (Lipinski definition) is 5. The van der Waals surface area contributed by atoms with E-state index in [0.717, 1.165) is 0 Å². The number of benzene rings is 1. The van der Waals surface area contributed by atoms with Crippen LogP contribution in [0.3, 0.4) is 0 Å². The van der Waals surface area contributed by atoms with Crippen LogP contribution in [0.1, 0.15) is 23.2 Å². The summed E-state index contributed by atoms with van der Waals surface area (Å²) in [6, 6.07) is 7.01. The number of morpholine rings is 1. The molecule has 6 nitrogen and oxygen atoms in total. The number of ether oxygens (including phenoxy) is 2. The maximum Gasteiger partial charge on any atom is 0.254 e. The van der Waals surface area contributed by atoms with Crippen molar-refractivity contribution >= 4 is 15.7 Å². The third-order valence-corrected chi connectivity index (χ3v) is 6.26. The molecule has 2 fully saturated rings. The molecule has 0 aromatic heterocycles. The lowest BCUT2D eigenvalue weighted by Crippen LogP contribution is -2.56. The van der Waals surface area contributed by atoms with E-state index in [4.69, 9.17) is 9.47 Å². The van der Waals surface area contributed by atoms with Gasteiger partial charge in [0.1, 0.15) is 5.75 Å². The molecule has 0 N–H and O–H groups in total. The molecule has 1 aromatic rings. The molecule has 7 heteroatoms. The highest BCUT2D eigenvalue weighted by Gasteiger charge is 2.42. The van der Waals surface area contributed by atoms with Gasteiger partial charge in [-0.3, -0.25) is 4.79 Å². The van der Waals surface area contributed by atoms with Crippen molar-refractivity contribution in [1.29, 1.82) is 0 Å². The molecule has 2 heterocycles. The van der Waals surface area contributed by atoms with Gasteiger partial charge >= 0.3 is 0 Å². The average molecular weight is 339 g/mol. The van der Waals surface area contributed by atoms with E-state index in [1.807, 2.05) is 0 Å². The predicted octanol–water partition coefficient (Wildman–Crippen LogP) is 1.11. The molecule has 0 unspecified atom stereocenters. The fourth-order valence-corrected chi connectivity index (χ4v) is 4.72. The van der Waals surface area contributed by atoms with Crippen molar-refractivity contribution in [3.05, 3.63) is 29.8 Å². The predicted molar refractivity (Wildman–Crippen MR) is 85.5 cm³/mol. The number of amides is 1. The minimum absolute atomic E-state index is 0.0521. The number of hydrogen-bond donors (Lipinski definition) is 0. The van der Waals surface area contributed by atoms with Gasteiger partial charge in [0.2, 0.25) is 0 Å². The van der Waals surface area contributed by atoms with E-state index in [2.05, 4.69) is 0 Å². The first kappa shape index (κ1) is 16.3. The summed E-state index contributed by atoms with van der Waals surface area (Å²) in [7, 11) is -1.37. The van der Waals surface area contributed by atoms with Crippen LogP contribution in [0.5, 0.6) is 5.75 Å². The van der Waals surface area contributed by atoms with Gasteiger partial charge in [-0.2, -0.15) is 0 Å². The zero-order valence-corrected chi connectivity index (χ0v) is 14.0. The van der Waals surface area contributed by atoms with E-state index in [0.29, 0.717) is 43.9 Å². The number of sulfone groups is 1. The van der Waals surface area contributed by atoms with Gasteiger partial charge in [0.05, 0.1) is 37.4 Å². The first-order chi connectivity index (χ1) is 10.9. The standard InChI is InChI=1S/C16H21NO5S/c1-21-14-4-2-13(3-5-14)15(18)17-8-9-22-16(12-17)6-10-23(19,20)11-7-16/h2-5H,6-12H2,1H3. The highest BCUT2D eigenvalue weighted by Crippen LogP contribution is 2.31. The Labute approximate surface area is 136 Å². The normalized spacial score (nSPS) is 22.7. The van der Waals surface area contributed by atoms with Crippen LogP contribution in [-0.2, 0) is 14.6 Å². The Morgan fingerprint density at radius 2 is 1.87 bits per heavy atom. The van der Waals surface area contributed by atoms with Crippen LogP contribution in [0, 0.1) is 0 Å². The van der Waals surface area contributed by atoms with Crippen LogP contribution >= 0.6 is 0 Å². The number of methoxy groups -OCH3 is 1. The summed E-state index contributed by atoms with van der Waals surface area (Å²) >= 11 is 0. The summed E-state index contributed by atoms with van der Waals surface area (Å²) in [5.74, 6) is 0.927. The largest absolute Gasteiger partial charge is 0.497 e. The van der Waals surface area contributed by atoms with Gasteiger partial charge < -0.3 is 14.4 Å². The second-order valence-electron chi connectivity index (χ2n) is 6.14. The molecular weight excluding hydrogens is 318 g/mol. The van der Waals surface area contributed by atoms with E-state index < -0.39 is 15.4 Å².